The van der Waals surface area contributed by atoms with Gasteiger partial charge in [0.15, 0.2) is 0 Å². The number of carbonyl (C=O) groups excluding carboxylic acids is 1. The average molecular weight is 251 g/mol. The van der Waals surface area contributed by atoms with Crippen molar-refractivity contribution in [2.75, 3.05) is 20.2 Å². The number of hydrogen-bond acceptors (Lipinski definition) is 3. The third kappa shape index (κ3) is 4.28. The molecule has 96 valence electrons. The molecule has 1 fully saturated rings. The molecule has 0 aromatic carbocycles. The molecule has 16 heavy (non-hydrogen) atoms. The van der Waals surface area contributed by atoms with Gasteiger partial charge in [-0.05, 0) is 39.7 Å². The first-order valence-electron chi connectivity index (χ1n) is 5.64. The van der Waals surface area contributed by atoms with Crippen molar-refractivity contribution in [2.24, 2.45) is 0 Å². The number of rotatable bonds is 4. The molecule has 0 aromatic heterocycles. The van der Waals surface area contributed by atoms with E-state index in [9.17, 15) is 4.79 Å². The molecule has 4 nitrogen and oxygen atoms in total. The summed E-state index contributed by atoms with van der Waals surface area (Å²) in [7, 11) is 1.65. The second-order valence-electron chi connectivity index (χ2n) is 4.47. The van der Waals surface area contributed by atoms with E-state index in [4.69, 9.17) is 4.74 Å². The van der Waals surface area contributed by atoms with Gasteiger partial charge < -0.3 is 15.4 Å². The highest BCUT2D eigenvalue weighted by Crippen LogP contribution is 2.18. The summed E-state index contributed by atoms with van der Waals surface area (Å²) in [6, 6.07) is 0. The van der Waals surface area contributed by atoms with E-state index in [0.717, 1.165) is 25.8 Å². The molecule has 0 bridgehead atoms. The maximum atomic E-state index is 11.9. The molecule has 1 heterocycles. The number of carbonyl (C=O) groups is 1. The Morgan fingerprint density at radius 3 is 2.75 bits per heavy atom. The SMILES string of the molecule is COC(C)CNC(=O)C1(C)CCCCN1.Cl. The van der Waals surface area contributed by atoms with Crippen molar-refractivity contribution >= 4 is 18.3 Å². The normalized spacial score (nSPS) is 26.7. The number of halogens is 1. The molecule has 0 aromatic rings. The van der Waals surface area contributed by atoms with Crippen molar-refractivity contribution < 1.29 is 9.53 Å². The van der Waals surface area contributed by atoms with E-state index in [1.807, 2.05) is 13.8 Å². The maximum absolute atomic E-state index is 11.9. The van der Waals surface area contributed by atoms with Gasteiger partial charge in [-0.1, -0.05) is 0 Å². The minimum atomic E-state index is -0.383. The van der Waals surface area contributed by atoms with Crippen LogP contribution < -0.4 is 10.6 Å². The number of nitrogens with one attached hydrogen (secondary N) is 2. The van der Waals surface area contributed by atoms with E-state index in [2.05, 4.69) is 10.6 Å². The highest BCUT2D eigenvalue weighted by Gasteiger charge is 2.33. The topological polar surface area (TPSA) is 50.4 Å². The lowest BCUT2D eigenvalue weighted by atomic mass is 9.90. The zero-order chi connectivity index (χ0) is 11.3. The number of methoxy groups -OCH3 is 1. The Hall–Kier alpha value is -0.320. The van der Waals surface area contributed by atoms with Crippen molar-refractivity contribution in [3.63, 3.8) is 0 Å². The van der Waals surface area contributed by atoms with E-state index < -0.39 is 0 Å². The quantitative estimate of drug-likeness (QED) is 0.786. The van der Waals surface area contributed by atoms with E-state index in [0.29, 0.717) is 6.54 Å². The van der Waals surface area contributed by atoms with Crippen LogP contribution in [-0.4, -0.2) is 37.7 Å². The van der Waals surface area contributed by atoms with Crippen LogP contribution in [0.2, 0.25) is 0 Å². The molecule has 2 atom stereocenters. The van der Waals surface area contributed by atoms with Crippen LogP contribution in [0, 0.1) is 0 Å². The summed E-state index contributed by atoms with van der Waals surface area (Å²) in [4.78, 5) is 11.9. The molecule has 0 spiro atoms. The van der Waals surface area contributed by atoms with Gasteiger partial charge in [-0.25, -0.2) is 0 Å². The molecule has 0 radical (unpaired) electrons. The number of piperidine rings is 1. The van der Waals surface area contributed by atoms with Crippen molar-refractivity contribution in [2.45, 2.75) is 44.8 Å². The van der Waals surface area contributed by atoms with Crippen LogP contribution in [0.25, 0.3) is 0 Å². The smallest absolute Gasteiger partial charge is 0.240 e. The van der Waals surface area contributed by atoms with Crippen LogP contribution in [-0.2, 0) is 9.53 Å². The van der Waals surface area contributed by atoms with Gasteiger partial charge in [0.2, 0.25) is 5.91 Å². The van der Waals surface area contributed by atoms with Gasteiger partial charge in [-0.2, -0.15) is 0 Å². The third-order valence-corrected chi connectivity index (χ3v) is 3.07. The maximum Gasteiger partial charge on any atom is 0.240 e. The number of ether oxygens (including phenoxy) is 1. The molecular formula is C11H23ClN2O2. The standard InChI is InChI=1S/C11H22N2O2.ClH/c1-9(15-3)8-12-10(14)11(2)6-4-5-7-13-11;/h9,13H,4-8H2,1-3H3,(H,12,14);1H. The fraction of sp³-hybridized carbons (Fsp3) is 0.909. The zero-order valence-electron chi connectivity index (χ0n) is 10.3. The van der Waals surface area contributed by atoms with Crippen LogP contribution in [0.15, 0.2) is 0 Å². The monoisotopic (exact) mass is 250 g/mol. The van der Waals surface area contributed by atoms with Gasteiger partial charge in [0, 0.05) is 13.7 Å². The molecule has 1 saturated heterocycles. The summed E-state index contributed by atoms with van der Waals surface area (Å²) in [6.07, 6.45) is 3.27. The third-order valence-electron chi connectivity index (χ3n) is 3.07. The second kappa shape index (κ2) is 7.09. The van der Waals surface area contributed by atoms with Gasteiger partial charge in [0.05, 0.1) is 11.6 Å². The van der Waals surface area contributed by atoms with E-state index in [1.54, 1.807) is 7.11 Å². The molecule has 0 saturated carbocycles. The van der Waals surface area contributed by atoms with Crippen LogP contribution in [0.4, 0.5) is 0 Å². The van der Waals surface area contributed by atoms with Gasteiger partial charge in [-0.3, -0.25) is 4.79 Å². The van der Waals surface area contributed by atoms with Crippen molar-refractivity contribution in [3.05, 3.63) is 0 Å². The summed E-state index contributed by atoms with van der Waals surface area (Å²) in [5.41, 5.74) is -0.383. The van der Waals surface area contributed by atoms with Gasteiger partial charge in [0.1, 0.15) is 0 Å². The predicted molar refractivity (Wildman–Crippen MR) is 67.0 cm³/mol. The molecule has 1 aliphatic heterocycles. The molecular weight excluding hydrogens is 228 g/mol. The Morgan fingerprint density at radius 2 is 2.25 bits per heavy atom. The van der Waals surface area contributed by atoms with Crippen molar-refractivity contribution in [3.8, 4) is 0 Å². The van der Waals surface area contributed by atoms with Crippen molar-refractivity contribution in [1.29, 1.82) is 0 Å². The fourth-order valence-corrected chi connectivity index (χ4v) is 1.76. The molecule has 0 aliphatic carbocycles. The van der Waals surface area contributed by atoms with E-state index >= 15 is 0 Å². The van der Waals surface area contributed by atoms with Gasteiger partial charge in [0.25, 0.3) is 0 Å². The Balaban J connectivity index is 0.00000225. The van der Waals surface area contributed by atoms with Gasteiger partial charge >= 0.3 is 0 Å². The first-order valence-corrected chi connectivity index (χ1v) is 5.64. The minimum absolute atomic E-state index is 0. The summed E-state index contributed by atoms with van der Waals surface area (Å²) in [5, 5.41) is 6.20. The first kappa shape index (κ1) is 15.7. The predicted octanol–water partition coefficient (Wildman–Crippen LogP) is 1.09. The Morgan fingerprint density at radius 1 is 1.56 bits per heavy atom. The summed E-state index contributed by atoms with van der Waals surface area (Å²) in [6.45, 7) is 5.42. The van der Waals surface area contributed by atoms with Gasteiger partial charge in [-0.15, -0.1) is 12.4 Å². The number of hydrogen-bond donors (Lipinski definition) is 2. The van der Waals surface area contributed by atoms with Crippen LogP contribution in [0.1, 0.15) is 33.1 Å². The molecule has 1 aliphatic rings. The van der Waals surface area contributed by atoms with Crippen LogP contribution >= 0.6 is 12.4 Å². The second-order valence-corrected chi connectivity index (χ2v) is 4.47. The minimum Gasteiger partial charge on any atom is -0.380 e. The lowest BCUT2D eigenvalue weighted by Gasteiger charge is -2.33. The average Bonchev–Trinajstić information content (AvgIpc) is 2.26. The Labute approximate surface area is 104 Å². The molecule has 1 rings (SSSR count). The largest absolute Gasteiger partial charge is 0.380 e. The highest BCUT2D eigenvalue weighted by atomic mass is 35.5. The van der Waals surface area contributed by atoms with Crippen LogP contribution in [0.5, 0.6) is 0 Å². The first-order chi connectivity index (χ1) is 7.08. The van der Waals surface area contributed by atoms with Crippen molar-refractivity contribution in [1.82, 2.24) is 10.6 Å². The highest BCUT2D eigenvalue weighted by molar-refractivity contribution is 5.86. The Kier molecular flexibility index (Phi) is 6.95. The zero-order valence-corrected chi connectivity index (χ0v) is 11.2. The lowest BCUT2D eigenvalue weighted by Crippen LogP contribution is -2.57. The number of amides is 1. The van der Waals surface area contributed by atoms with E-state index in [1.165, 1.54) is 0 Å². The lowest BCUT2D eigenvalue weighted by molar-refractivity contribution is -0.128. The Bertz CT molecular complexity index is 218. The van der Waals surface area contributed by atoms with Crippen LogP contribution in [0.3, 0.4) is 0 Å². The summed E-state index contributed by atoms with van der Waals surface area (Å²) < 4.78 is 5.09. The summed E-state index contributed by atoms with van der Waals surface area (Å²) >= 11 is 0. The molecule has 2 unspecified atom stereocenters. The molecule has 5 heteroatoms. The fourth-order valence-electron chi connectivity index (χ4n) is 1.76. The molecule has 2 N–H and O–H groups in total. The van der Waals surface area contributed by atoms with E-state index in [-0.39, 0.29) is 30.0 Å². The molecule has 1 amide bonds. The summed E-state index contributed by atoms with van der Waals surface area (Å²) in [5.74, 6) is 0.0890.